The van der Waals surface area contributed by atoms with Gasteiger partial charge in [-0.05, 0) is 78.5 Å². The predicted molar refractivity (Wildman–Crippen MR) is 190 cm³/mol. The number of hydrogen-bond acceptors (Lipinski definition) is 4. The number of carboxylic acid groups (broad SMARTS) is 1. The molecule has 8 heteroatoms. The summed E-state index contributed by atoms with van der Waals surface area (Å²) in [6.07, 6.45) is 3.47. The van der Waals surface area contributed by atoms with Crippen LogP contribution in [0.3, 0.4) is 0 Å². The van der Waals surface area contributed by atoms with Crippen LogP contribution >= 0.6 is 23.6 Å². The average molecular weight is 636 g/mol. The zero-order valence-corrected chi connectivity index (χ0v) is 25.9. The predicted octanol–water partition coefficient (Wildman–Crippen LogP) is 9.59. The van der Waals surface area contributed by atoms with Gasteiger partial charge in [0.05, 0.1) is 26.9 Å². The van der Waals surface area contributed by atoms with Crippen molar-refractivity contribution in [2.75, 3.05) is 0 Å². The topological polar surface area (TPSA) is 72.3 Å². The first-order chi connectivity index (χ1) is 22.5. The molecule has 3 heterocycles. The highest BCUT2D eigenvalue weighted by molar-refractivity contribution is 7.73. The van der Waals surface area contributed by atoms with E-state index in [2.05, 4.69) is 124 Å². The lowest BCUT2D eigenvalue weighted by Gasteiger charge is -2.11. The summed E-state index contributed by atoms with van der Waals surface area (Å²) in [5, 5.41) is 24.3. The molecule has 8 aromatic rings. The van der Waals surface area contributed by atoms with Crippen LogP contribution in [-0.2, 0) is 11.3 Å². The number of nitrogens with zero attached hydrogens (tertiary/aromatic N) is 3. The molecule has 3 aromatic heterocycles. The van der Waals surface area contributed by atoms with Crippen molar-refractivity contribution in [3.05, 3.63) is 135 Å². The number of thiazole rings is 1. The van der Waals surface area contributed by atoms with Gasteiger partial charge in [-0.15, -0.1) is 17.1 Å². The standard InChI is InChI=1S/C38H25N3O3S2/c42-36(43)23-39-37(44)35(46-38(39)45)15-7-8-24-16-21-34-30(22-24)29-11-3-6-14-33(29)41(34)26-19-17-25(18-20-26)40-31-12-4-1-9-27(31)28-10-2-5-13-32(28)40/h1-6,8-22,44H,23H2,(H,42,43). The van der Waals surface area contributed by atoms with E-state index in [1.54, 1.807) is 6.08 Å². The molecule has 2 N–H and O–H groups in total. The Morgan fingerprint density at radius 1 is 0.696 bits per heavy atom. The van der Waals surface area contributed by atoms with E-state index < -0.39 is 5.97 Å². The number of fused-ring (bicyclic) bond motifs is 6. The molecule has 0 saturated heterocycles. The highest BCUT2D eigenvalue weighted by atomic mass is 32.1. The molecule has 0 radical (unpaired) electrons. The van der Waals surface area contributed by atoms with Crippen LogP contribution in [0.5, 0.6) is 5.88 Å². The Bertz CT molecular complexity index is 2560. The maximum absolute atomic E-state index is 11.1. The number of rotatable bonds is 6. The number of aliphatic carboxylic acids is 1. The minimum Gasteiger partial charge on any atom is -0.493 e. The smallest absolute Gasteiger partial charge is 0.323 e. The number of aromatic nitrogens is 3. The van der Waals surface area contributed by atoms with E-state index in [0.717, 1.165) is 50.1 Å². The van der Waals surface area contributed by atoms with Gasteiger partial charge in [0.25, 0.3) is 0 Å². The van der Waals surface area contributed by atoms with Crippen LogP contribution in [0.1, 0.15) is 10.4 Å². The summed E-state index contributed by atoms with van der Waals surface area (Å²) in [6, 6.07) is 40.5. The fraction of sp³-hybridized carbons (Fsp3) is 0.0263. The van der Waals surface area contributed by atoms with Crippen LogP contribution in [0.2, 0.25) is 0 Å². The van der Waals surface area contributed by atoms with Crippen molar-refractivity contribution in [2.24, 2.45) is 0 Å². The third kappa shape index (κ3) is 4.55. The summed E-state index contributed by atoms with van der Waals surface area (Å²) < 4.78 is 6.11. The molecule has 6 nitrogen and oxygen atoms in total. The Kier molecular flexibility index (Phi) is 6.69. The Labute approximate surface area is 272 Å². The molecule has 0 amide bonds. The molecule has 46 heavy (non-hydrogen) atoms. The van der Waals surface area contributed by atoms with Crippen molar-refractivity contribution in [2.45, 2.75) is 6.54 Å². The number of carbonyl (C=O) groups is 1. The van der Waals surface area contributed by atoms with Crippen molar-refractivity contribution in [1.29, 1.82) is 0 Å². The van der Waals surface area contributed by atoms with E-state index in [9.17, 15) is 9.90 Å². The van der Waals surface area contributed by atoms with Crippen LogP contribution in [0.25, 0.3) is 67.1 Å². The van der Waals surface area contributed by atoms with Crippen molar-refractivity contribution in [1.82, 2.24) is 13.7 Å². The van der Waals surface area contributed by atoms with E-state index >= 15 is 0 Å². The minimum atomic E-state index is -1.07. The second-order valence-corrected chi connectivity index (χ2v) is 12.7. The second kappa shape index (κ2) is 11.1. The largest absolute Gasteiger partial charge is 0.493 e. The fourth-order valence-corrected chi connectivity index (χ4v) is 7.50. The Morgan fingerprint density at radius 3 is 1.74 bits per heavy atom. The number of hydrogen-bond donors (Lipinski definition) is 2. The molecule has 0 bridgehead atoms. The highest BCUT2D eigenvalue weighted by Crippen LogP contribution is 2.35. The van der Waals surface area contributed by atoms with E-state index in [0.29, 0.717) is 8.83 Å². The summed E-state index contributed by atoms with van der Waals surface area (Å²) in [6.45, 7) is -0.387. The molecule has 0 unspecified atom stereocenters. The van der Waals surface area contributed by atoms with Crippen LogP contribution in [0, 0.1) is 3.95 Å². The molecule has 0 atom stereocenters. The number of para-hydroxylation sites is 3. The van der Waals surface area contributed by atoms with Gasteiger partial charge in [0, 0.05) is 39.0 Å². The van der Waals surface area contributed by atoms with Gasteiger partial charge in [0.2, 0.25) is 5.88 Å². The molecule has 8 rings (SSSR count). The van der Waals surface area contributed by atoms with Gasteiger partial charge in [0.1, 0.15) is 6.54 Å². The van der Waals surface area contributed by atoms with Crippen molar-refractivity contribution < 1.29 is 15.0 Å². The van der Waals surface area contributed by atoms with Crippen molar-refractivity contribution >= 4 is 85.3 Å². The molecule has 0 aliphatic heterocycles. The van der Waals surface area contributed by atoms with Gasteiger partial charge in [-0.25, -0.2) is 0 Å². The van der Waals surface area contributed by atoms with Gasteiger partial charge in [-0.3, -0.25) is 9.36 Å². The van der Waals surface area contributed by atoms with Crippen LogP contribution in [0.15, 0.2) is 121 Å². The summed E-state index contributed by atoms with van der Waals surface area (Å²) in [5.41, 5.74) is 10.8. The zero-order chi connectivity index (χ0) is 31.4. The molecule has 0 fully saturated rings. The summed E-state index contributed by atoms with van der Waals surface area (Å²) >= 11 is 6.37. The maximum Gasteiger partial charge on any atom is 0.323 e. The third-order valence-corrected chi connectivity index (χ3v) is 9.68. The van der Waals surface area contributed by atoms with E-state index in [4.69, 9.17) is 17.3 Å². The van der Waals surface area contributed by atoms with Gasteiger partial charge in [0.15, 0.2) is 3.95 Å². The number of carboxylic acids is 1. The summed E-state index contributed by atoms with van der Waals surface area (Å²) in [5.74, 6) is -1.23. The molecule has 0 spiro atoms. The maximum atomic E-state index is 11.1. The van der Waals surface area contributed by atoms with Gasteiger partial charge >= 0.3 is 5.97 Å². The van der Waals surface area contributed by atoms with Crippen LogP contribution in [-0.4, -0.2) is 29.9 Å². The SMILES string of the molecule is O=C(O)Cn1c(O)c(C=C=Cc2ccc3c(c2)c2ccccc2n3-c2ccc(-n3c4ccccc4c4ccccc43)cc2)sc1=S. The Morgan fingerprint density at radius 2 is 1.20 bits per heavy atom. The minimum absolute atomic E-state index is 0.166. The second-order valence-electron chi connectivity index (χ2n) is 11.0. The monoisotopic (exact) mass is 635 g/mol. The summed E-state index contributed by atoms with van der Waals surface area (Å²) in [7, 11) is 0. The lowest BCUT2D eigenvalue weighted by atomic mass is 10.1. The fourth-order valence-electron chi connectivity index (χ4n) is 6.31. The first-order valence-corrected chi connectivity index (χ1v) is 15.9. The van der Waals surface area contributed by atoms with E-state index in [1.807, 2.05) is 12.1 Å². The van der Waals surface area contributed by atoms with Crippen molar-refractivity contribution in [3.8, 4) is 17.3 Å². The lowest BCUT2D eigenvalue weighted by molar-refractivity contribution is -0.137. The molecule has 0 saturated carbocycles. The molecule has 222 valence electrons. The average Bonchev–Trinajstić information content (AvgIpc) is 3.68. The lowest BCUT2D eigenvalue weighted by Crippen LogP contribution is -2.07. The quantitative estimate of drug-likeness (QED) is 0.141. The Balaban J connectivity index is 1.19. The number of aromatic hydroxyl groups is 1. The third-order valence-electron chi connectivity index (χ3n) is 8.29. The Hall–Kier alpha value is -5.66. The van der Waals surface area contributed by atoms with Gasteiger partial charge in [-0.2, -0.15) is 0 Å². The van der Waals surface area contributed by atoms with Gasteiger partial charge in [-0.1, -0.05) is 60.7 Å². The normalized spacial score (nSPS) is 11.4. The molecular formula is C38H25N3O3S2. The molecular weight excluding hydrogens is 611 g/mol. The summed E-state index contributed by atoms with van der Waals surface area (Å²) in [4.78, 5) is 11.6. The zero-order valence-electron chi connectivity index (χ0n) is 24.3. The van der Waals surface area contributed by atoms with E-state index in [-0.39, 0.29) is 12.4 Å². The van der Waals surface area contributed by atoms with Gasteiger partial charge < -0.3 is 19.3 Å². The first-order valence-electron chi connectivity index (χ1n) is 14.7. The molecule has 0 aliphatic rings. The van der Waals surface area contributed by atoms with Crippen molar-refractivity contribution in [3.63, 3.8) is 0 Å². The highest BCUT2D eigenvalue weighted by Gasteiger charge is 2.15. The molecule has 5 aromatic carbocycles. The number of benzene rings is 5. The molecule has 0 aliphatic carbocycles. The first kappa shape index (κ1) is 27.9. The van der Waals surface area contributed by atoms with Crippen LogP contribution in [0.4, 0.5) is 0 Å². The van der Waals surface area contributed by atoms with E-state index in [1.165, 1.54) is 26.4 Å². The van der Waals surface area contributed by atoms with Crippen LogP contribution < -0.4 is 0 Å².